The Morgan fingerprint density at radius 2 is 1.80 bits per heavy atom. The second kappa shape index (κ2) is 5.78. The maximum absolute atomic E-state index is 12.7. The zero-order valence-corrected chi connectivity index (χ0v) is 11.9. The Balaban J connectivity index is 2.17. The highest BCUT2D eigenvalue weighted by molar-refractivity contribution is 7.89. The topological polar surface area (TPSA) is 72.2 Å². The summed E-state index contributed by atoms with van der Waals surface area (Å²) in [5, 5.41) is 0.0524. The first-order valence-corrected chi connectivity index (χ1v) is 7.54. The SMILES string of the molecule is Nc1ccc(S(=O)(=O)NCc2ccc(F)cc2)c(Cl)c1. The lowest BCUT2D eigenvalue weighted by molar-refractivity contribution is 0.581. The number of nitrogen functional groups attached to an aromatic ring is 1. The lowest BCUT2D eigenvalue weighted by Crippen LogP contribution is -2.23. The Labute approximate surface area is 121 Å². The summed E-state index contributed by atoms with van der Waals surface area (Å²) in [6.07, 6.45) is 0. The van der Waals surface area contributed by atoms with E-state index in [0.29, 0.717) is 11.3 Å². The number of sulfonamides is 1. The highest BCUT2D eigenvalue weighted by Gasteiger charge is 2.17. The maximum Gasteiger partial charge on any atom is 0.242 e. The lowest BCUT2D eigenvalue weighted by Gasteiger charge is -2.09. The molecule has 2 aromatic rings. The number of hydrogen-bond donors (Lipinski definition) is 2. The van der Waals surface area contributed by atoms with Gasteiger partial charge in [0.15, 0.2) is 0 Å². The van der Waals surface area contributed by atoms with Gasteiger partial charge in [-0.2, -0.15) is 0 Å². The molecule has 106 valence electrons. The Kier molecular flexibility index (Phi) is 4.27. The molecule has 2 rings (SSSR count). The van der Waals surface area contributed by atoms with Crippen LogP contribution < -0.4 is 10.5 Å². The van der Waals surface area contributed by atoms with Gasteiger partial charge in [0.2, 0.25) is 10.0 Å². The second-order valence-electron chi connectivity index (χ2n) is 4.14. The van der Waals surface area contributed by atoms with Crippen molar-refractivity contribution >= 4 is 27.3 Å². The molecule has 0 saturated carbocycles. The molecule has 0 radical (unpaired) electrons. The van der Waals surface area contributed by atoms with Gasteiger partial charge < -0.3 is 5.73 Å². The monoisotopic (exact) mass is 314 g/mol. The predicted octanol–water partition coefficient (Wildman–Crippen LogP) is 2.54. The van der Waals surface area contributed by atoms with Gasteiger partial charge in [0, 0.05) is 12.2 Å². The van der Waals surface area contributed by atoms with Crippen LogP contribution in [-0.2, 0) is 16.6 Å². The Morgan fingerprint density at radius 1 is 1.15 bits per heavy atom. The van der Waals surface area contributed by atoms with Crippen molar-refractivity contribution in [2.75, 3.05) is 5.73 Å². The number of nitrogens with two attached hydrogens (primary N) is 1. The number of rotatable bonds is 4. The average Bonchev–Trinajstić information content (AvgIpc) is 2.37. The summed E-state index contributed by atoms with van der Waals surface area (Å²) >= 11 is 5.87. The van der Waals surface area contributed by atoms with Gasteiger partial charge in [0.1, 0.15) is 10.7 Å². The van der Waals surface area contributed by atoms with E-state index in [2.05, 4.69) is 4.72 Å². The normalized spacial score (nSPS) is 11.5. The van der Waals surface area contributed by atoms with Crippen LogP contribution in [-0.4, -0.2) is 8.42 Å². The van der Waals surface area contributed by atoms with Crippen molar-refractivity contribution in [3.63, 3.8) is 0 Å². The van der Waals surface area contributed by atoms with E-state index < -0.39 is 10.0 Å². The van der Waals surface area contributed by atoms with Gasteiger partial charge in [-0.05, 0) is 35.9 Å². The van der Waals surface area contributed by atoms with E-state index in [4.69, 9.17) is 17.3 Å². The van der Waals surface area contributed by atoms with Crippen molar-refractivity contribution in [3.8, 4) is 0 Å². The number of anilines is 1. The molecule has 0 aliphatic rings. The minimum atomic E-state index is -3.75. The van der Waals surface area contributed by atoms with Crippen LogP contribution in [0.3, 0.4) is 0 Å². The zero-order chi connectivity index (χ0) is 14.8. The maximum atomic E-state index is 12.7. The molecule has 0 amide bonds. The van der Waals surface area contributed by atoms with Crippen molar-refractivity contribution < 1.29 is 12.8 Å². The smallest absolute Gasteiger partial charge is 0.242 e. The average molecular weight is 315 g/mol. The Hall–Kier alpha value is -1.63. The first kappa shape index (κ1) is 14.8. The second-order valence-corrected chi connectivity index (χ2v) is 6.28. The number of nitrogens with one attached hydrogen (secondary N) is 1. The number of hydrogen-bond acceptors (Lipinski definition) is 3. The highest BCUT2D eigenvalue weighted by Crippen LogP contribution is 2.23. The van der Waals surface area contributed by atoms with Crippen molar-refractivity contribution in [3.05, 3.63) is 58.9 Å². The van der Waals surface area contributed by atoms with E-state index in [1.165, 1.54) is 42.5 Å². The molecule has 20 heavy (non-hydrogen) atoms. The summed E-state index contributed by atoms with van der Waals surface area (Å²) in [4.78, 5) is -0.0459. The molecule has 0 bridgehead atoms. The lowest BCUT2D eigenvalue weighted by atomic mass is 10.2. The summed E-state index contributed by atoms with van der Waals surface area (Å²) in [7, 11) is -3.75. The molecule has 7 heteroatoms. The molecule has 0 saturated heterocycles. The van der Waals surface area contributed by atoms with Crippen LogP contribution in [0.5, 0.6) is 0 Å². The molecular weight excluding hydrogens is 303 g/mol. The summed E-state index contributed by atoms with van der Waals surface area (Å²) in [5.41, 5.74) is 6.54. The molecule has 4 nitrogen and oxygen atoms in total. The third-order valence-corrected chi connectivity index (χ3v) is 4.51. The van der Waals surface area contributed by atoms with Gasteiger partial charge in [-0.1, -0.05) is 23.7 Å². The summed E-state index contributed by atoms with van der Waals surface area (Å²) in [6.45, 7) is 0.0450. The summed E-state index contributed by atoms with van der Waals surface area (Å²) in [6, 6.07) is 9.70. The quantitative estimate of drug-likeness (QED) is 0.852. The minimum Gasteiger partial charge on any atom is -0.399 e. The molecular formula is C13H12ClFN2O2S. The molecule has 3 N–H and O–H groups in total. The van der Waals surface area contributed by atoms with Crippen LogP contribution in [0.15, 0.2) is 47.4 Å². The number of halogens is 2. The molecule has 0 unspecified atom stereocenters. The number of benzene rings is 2. The van der Waals surface area contributed by atoms with E-state index in [0.717, 1.165) is 0 Å². The third-order valence-electron chi connectivity index (χ3n) is 2.63. The molecule has 0 fully saturated rings. The van der Waals surface area contributed by atoms with Crippen LogP contribution in [0.25, 0.3) is 0 Å². The summed E-state index contributed by atoms with van der Waals surface area (Å²) in [5.74, 6) is -0.377. The predicted molar refractivity (Wildman–Crippen MR) is 76.3 cm³/mol. The van der Waals surface area contributed by atoms with Crippen molar-refractivity contribution in [1.82, 2.24) is 4.72 Å². The fourth-order valence-corrected chi connectivity index (χ4v) is 3.16. The van der Waals surface area contributed by atoms with E-state index >= 15 is 0 Å². The van der Waals surface area contributed by atoms with Crippen molar-refractivity contribution in [2.45, 2.75) is 11.4 Å². The summed E-state index contributed by atoms with van der Waals surface area (Å²) < 4.78 is 39.3. The van der Waals surface area contributed by atoms with Crippen molar-refractivity contribution in [1.29, 1.82) is 0 Å². The van der Waals surface area contributed by atoms with Gasteiger partial charge in [-0.3, -0.25) is 0 Å². The Morgan fingerprint density at radius 3 is 2.40 bits per heavy atom. The third kappa shape index (κ3) is 3.47. The fourth-order valence-electron chi connectivity index (χ4n) is 1.59. The van der Waals surface area contributed by atoms with Crippen LogP contribution in [0.2, 0.25) is 5.02 Å². The van der Waals surface area contributed by atoms with E-state index in [1.54, 1.807) is 0 Å². The minimum absolute atomic E-state index is 0.0450. The van der Waals surface area contributed by atoms with Gasteiger partial charge in [0.05, 0.1) is 5.02 Å². The molecule has 0 aromatic heterocycles. The van der Waals surface area contributed by atoms with Crippen LogP contribution in [0.1, 0.15) is 5.56 Å². The molecule has 0 aliphatic carbocycles. The van der Waals surface area contributed by atoms with Crippen molar-refractivity contribution in [2.24, 2.45) is 0 Å². The molecule has 0 heterocycles. The standard InChI is InChI=1S/C13H12ClFN2O2S/c14-12-7-11(16)5-6-13(12)20(18,19)17-8-9-1-3-10(15)4-2-9/h1-7,17H,8,16H2. The first-order chi connectivity index (χ1) is 9.38. The fraction of sp³-hybridized carbons (Fsp3) is 0.0769. The van der Waals surface area contributed by atoms with E-state index in [1.807, 2.05) is 0 Å². The van der Waals surface area contributed by atoms with Crippen LogP contribution in [0, 0.1) is 5.82 Å². The molecule has 2 aromatic carbocycles. The largest absolute Gasteiger partial charge is 0.399 e. The van der Waals surface area contributed by atoms with Gasteiger partial charge in [-0.25, -0.2) is 17.5 Å². The van der Waals surface area contributed by atoms with E-state index in [9.17, 15) is 12.8 Å². The van der Waals surface area contributed by atoms with Gasteiger partial charge >= 0.3 is 0 Å². The Bertz CT molecular complexity index is 718. The molecule has 0 spiro atoms. The first-order valence-electron chi connectivity index (χ1n) is 5.67. The highest BCUT2D eigenvalue weighted by atomic mass is 35.5. The van der Waals surface area contributed by atoms with Crippen LogP contribution >= 0.6 is 11.6 Å². The van der Waals surface area contributed by atoms with Gasteiger partial charge in [0.25, 0.3) is 0 Å². The molecule has 0 aliphatic heterocycles. The molecule has 0 atom stereocenters. The zero-order valence-electron chi connectivity index (χ0n) is 10.3. The van der Waals surface area contributed by atoms with Gasteiger partial charge in [-0.15, -0.1) is 0 Å². The van der Waals surface area contributed by atoms with E-state index in [-0.39, 0.29) is 22.3 Å². The van der Waals surface area contributed by atoms with Crippen LogP contribution in [0.4, 0.5) is 10.1 Å².